The van der Waals surface area contributed by atoms with Gasteiger partial charge >= 0.3 is 0 Å². The van der Waals surface area contributed by atoms with Gasteiger partial charge in [0.25, 0.3) is 11.8 Å². The van der Waals surface area contributed by atoms with Gasteiger partial charge in [0.1, 0.15) is 18.0 Å². The highest BCUT2D eigenvalue weighted by Crippen LogP contribution is 2.42. The molecule has 0 unspecified atom stereocenters. The molecule has 1 saturated carbocycles. The molecule has 268 valence electrons. The van der Waals surface area contributed by atoms with Gasteiger partial charge < -0.3 is 19.1 Å². The number of rotatable bonds is 3. The minimum atomic E-state index is -3.89. The molecule has 13 heteroatoms. The van der Waals surface area contributed by atoms with Crippen molar-refractivity contribution in [2.75, 3.05) is 31.7 Å². The van der Waals surface area contributed by atoms with Gasteiger partial charge in [-0.3, -0.25) is 19.0 Å². The molecule has 0 spiro atoms. The number of nitrogens with zero attached hydrogens (tertiary/aromatic N) is 4. The summed E-state index contributed by atoms with van der Waals surface area (Å²) >= 11 is 6.38. The fourth-order valence-corrected chi connectivity index (χ4v) is 8.60. The van der Waals surface area contributed by atoms with Crippen LogP contribution in [0.1, 0.15) is 66.7 Å². The zero-order chi connectivity index (χ0) is 35.6. The molecule has 4 atom stereocenters. The van der Waals surface area contributed by atoms with Crippen LogP contribution in [0.3, 0.4) is 0 Å². The van der Waals surface area contributed by atoms with E-state index in [0.29, 0.717) is 35.5 Å². The lowest BCUT2D eigenvalue weighted by Gasteiger charge is -2.43. The Hall–Kier alpha value is -3.71. The van der Waals surface area contributed by atoms with Gasteiger partial charge in [0.05, 0.1) is 35.1 Å². The number of hydrogen-bond acceptors (Lipinski definition) is 8. The summed E-state index contributed by atoms with van der Waals surface area (Å²) in [5.41, 5.74) is 2.29. The van der Waals surface area contributed by atoms with E-state index >= 15 is 4.21 Å². The number of aromatic nitrogens is 2. The number of halogens is 1. The lowest BCUT2D eigenvalue weighted by Crippen LogP contribution is -2.44. The second kappa shape index (κ2) is 14.9. The molecule has 0 radical (unpaired) electrons. The van der Waals surface area contributed by atoms with Crippen LogP contribution in [0, 0.1) is 18.8 Å². The van der Waals surface area contributed by atoms with Gasteiger partial charge in [-0.1, -0.05) is 29.8 Å². The summed E-state index contributed by atoms with van der Waals surface area (Å²) < 4.78 is 41.9. The Kier molecular flexibility index (Phi) is 10.7. The Labute approximate surface area is 299 Å². The average molecular weight is 724 g/mol. The molecule has 1 fully saturated rings. The molecular weight excluding hydrogens is 678 g/mol. The molecule has 0 saturated heterocycles. The molecule has 3 aromatic rings. The quantitative estimate of drug-likeness (QED) is 0.317. The molecule has 1 N–H and O–H groups in total. The Morgan fingerprint density at radius 2 is 1.96 bits per heavy atom. The highest BCUT2D eigenvalue weighted by atomic mass is 35.5. The van der Waals surface area contributed by atoms with E-state index in [9.17, 15) is 9.59 Å². The molecule has 2 amide bonds. The number of amides is 2. The van der Waals surface area contributed by atoms with Gasteiger partial charge in [-0.25, -0.2) is 4.21 Å². The number of ether oxygens (including phenoxy) is 3. The second-order valence-electron chi connectivity index (χ2n) is 13.8. The standard InChI is InChI=1S/C37H46ClN5O6S/c1-24-31(21-39-42(24)4)35(44)40-50(46)29-14-16-34-32(20-29)43(17-7-6-9-25-19-28(38)13-11-27(25)23-48-34)22-26-12-15-30(26)33(47-5)10-8-18-49-37(2,3)36(45)41-50/h8,10-11,13-14,16,19-21,26,30,33H,6-7,9,12,15,17-18,22-23H2,1-5H3,(H,40,41,44,45,46)/b10-8+/t26-,30+,33+,50+/m0/s1. The normalized spacial score (nSPS) is 26.2. The van der Waals surface area contributed by atoms with E-state index < -0.39 is 27.3 Å². The first-order chi connectivity index (χ1) is 23.9. The smallest absolute Gasteiger partial charge is 0.287 e. The molecule has 11 nitrogen and oxygen atoms in total. The summed E-state index contributed by atoms with van der Waals surface area (Å²) in [7, 11) is -0.454. The first kappa shape index (κ1) is 36.1. The number of hydrogen-bond donors (Lipinski definition) is 1. The third-order valence-corrected chi connectivity index (χ3v) is 12.2. The van der Waals surface area contributed by atoms with Crippen molar-refractivity contribution in [3.63, 3.8) is 0 Å². The number of carbonyl (C=O) groups excluding carboxylic acids is 2. The van der Waals surface area contributed by atoms with Gasteiger partial charge in [-0.15, -0.1) is 4.36 Å². The van der Waals surface area contributed by atoms with E-state index in [1.807, 2.05) is 30.4 Å². The second-order valence-corrected chi connectivity index (χ2v) is 16.2. The van der Waals surface area contributed by atoms with E-state index in [2.05, 4.69) is 19.1 Å². The molecule has 3 aliphatic rings. The van der Waals surface area contributed by atoms with Gasteiger partial charge in [0.15, 0.2) is 9.92 Å². The van der Waals surface area contributed by atoms with Gasteiger partial charge in [-0.05, 0) is 106 Å². The van der Waals surface area contributed by atoms with E-state index in [1.165, 1.54) is 6.20 Å². The monoisotopic (exact) mass is 723 g/mol. The van der Waals surface area contributed by atoms with Crippen molar-refractivity contribution in [3.8, 4) is 5.75 Å². The van der Waals surface area contributed by atoms with Crippen LogP contribution in [0.4, 0.5) is 5.69 Å². The van der Waals surface area contributed by atoms with E-state index in [1.54, 1.807) is 57.8 Å². The molecule has 2 aliphatic heterocycles. The molecule has 50 heavy (non-hydrogen) atoms. The van der Waals surface area contributed by atoms with Crippen LogP contribution in [0.2, 0.25) is 5.02 Å². The third kappa shape index (κ3) is 7.63. The summed E-state index contributed by atoms with van der Waals surface area (Å²) in [6.07, 6.45) is 9.92. The minimum absolute atomic E-state index is 0.108. The van der Waals surface area contributed by atoms with Crippen molar-refractivity contribution in [2.45, 2.75) is 76.1 Å². The Morgan fingerprint density at radius 1 is 1.14 bits per heavy atom. The number of carbonyl (C=O) groups is 2. The fraction of sp³-hybridized carbons (Fsp3) is 0.486. The molecular formula is C37H46ClN5O6S. The number of benzene rings is 2. The predicted octanol–water partition coefficient (Wildman–Crippen LogP) is 6.21. The largest absolute Gasteiger partial charge is 0.487 e. The SMILES string of the molecule is CO[C@@H]1/C=C/COC(C)(C)C(=O)N=[S@](=O)(NC(=O)c2cnn(C)c2C)c2ccc3c(c2)N(CCCCc2cc(Cl)ccc2CO3)C[C@@H]2CC[C@H]21. The van der Waals surface area contributed by atoms with Gasteiger partial charge in [0, 0.05) is 38.0 Å². The lowest BCUT2D eigenvalue weighted by atomic mass is 9.70. The summed E-state index contributed by atoms with van der Waals surface area (Å²) in [6, 6.07) is 11.0. The first-order valence-electron chi connectivity index (χ1n) is 17.1. The number of aryl methyl sites for hydroxylation is 2. The maximum Gasteiger partial charge on any atom is 0.287 e. The Morgan fingerprint density at radius 3 is 2.68 bits per heavy atom. The third-order valence-electron chi connectivity index (χ3n) is 10.2. The molecule has 2 bridgehead atoms. The summed E-state index contributed by atoms with van der Waals surface area (Å²) in [6.45, 7) is 6.78. The molecule has 6 rings (SSSR count). The zero-order valence-corrected chi connectivity index (χ0v) is 30.9. The Balaban J connectivity index is 1.49. The highest BCUT2D eigenvalue weighted by molar-refractivity contribution is 7.92. The van der Waals surface area contributed by atoms with Crippen LogP contribution in [0.5, 0.6) is 5.75 Å². The number of fused-ring (bicyclic) bond motifs is 3. The zero-order valence-electron chi connectivity index (χ0n) is 29.3. The van der Waals surface area contributed by atoms with Gasteiger partial charge in [0.2, 0.25) is 0 Å². The summed E-state index contributed by atoms with van der Waals surface area (Å²) in [5.74, 6) is -0.207. The van der Waals surface area contributed by atoms with E-state index in [0.717, 1.165) is 55.5 Å². The topological polar surface area (TPSA) is 124 Å². The molecule has 1 aliphatic carbocycles. The average Bonchev–Trinajstić information content (AvgIpc) is 3.40. The van der Waals surface area contributed by atoms with Crippen molar-refractivity contribution in [1.82, 2.24) is 14.5 Å². The van der Waals surface area contributed by atoms with Gasteiger partial charge in [-0.2, -0.15) is 5.10 Å². The number of methoxy groups -OCH3 is 1. The van der Waals surface area contributed by atoms with Crippen LogP contribution in [0.15, 0.2) is 64.0 Å². The molecule has 1 aromatic heterocycles. The van der Waals surface area contributed by atoms with Crippen LogP contribution >= 0.6 is 11.6 Å². The highest BCUT2D eigenvalue weighted by Gasteiger charge is 2.38. The fourth-order valence-electron chi connectivity index (χ4n) is 6.79. The van der Waals surface area contributed by atoms with Crippen LogP contribution < -0.4 is 14.4 Å². The molecule has 2 aromatic carbocycles. The van der Waals surface area contributed by atoms with Crippen molar-refractivity contribution < 1.29 is 28.0 Å². The number of anilines is 1. The lowest BCUT2D eigenvalue weighted by molar-refractivity contribution is -0.137. The van der Waals surface area contributed by atoms with Crippen LogP contribution in [-0.4, -0.2) is 64.3 Å². The Bertz CT molecular complexity index is 1920. The van der Waals surface area contributed by atoms with Crippen molar-refractivity contribution >= 4 is 39.0 Å². The first-order valence-corrected chi connectivity index (χ1v) is 19.0. The maximum absolute atomic E-state index is 15.1. The van der Waals surface area contributed by atoms with Crippen LogP contribution in [-0.2, 0) is 44.3 Å². The maximum atomic E-state index is 15.1. The predicted molar refractivity (Wildman–Crippen MR) is 193 cm³/mol. The van der Waals surface area contributed by atoms with Crippen molar-refractivity contribution in [1.29, 1.82) is 0 Å². The van der Waals surface area contributed by atoms with E-state index in [4.69, 9.17) is 25.8 Å². The summed E-state index contributed by atoms with van der Waals surface area (Å²) in [5, 5.41) is 4.86. The van der Waals surface area contributed by atoms with E-state index in [-0.39, 0.29) is 29.1 Å². The van der Waals surface area contributed by atoms with Crippen LogP contribution in [0.25, 0.3) is 0 Å². The van der Waals surface area contributed by atoms with Crippen molar-refractivity contribution in [2.24, 2.45) is 23.2 Å². The molecule has 3 heterocycles. The van der Waals surface area contributed by atoms with Crippen molar-refractivity contribution in [3.05, 3.63) is 82.2 Å². The summed E-state index contributed by atoms with van der Waals surface area (Å²) in [4.78, 5) is 29.9. The minimum Gasteiger partial charge on any atom is -0.487 e. The number of nitrogens with one attached hydrogen (secondary N) is 1.